The quantitative estimate of drug-likeness (QED) is 0.356. The van der Waals surface area contributed by atoms with Crippen LogP contribution in [0, 0.1) is 0 Å². The van der Waals surface area contributed by atoms with E-state index in [-0.39, 0.29) is 11.6 Å². The summed E-state index contributed by atoms with van der Waals surface area (Å²) in [5.41, 5.74) is 2.99. The number of carbonyl (C=O) groups excluding carboxylic acids is 2. The molecule has 2 heterocycles. The van der Waals surface area contributed by atoms with Crippen molar-refractivity contribution in [1.82, 2.24) is 10.7 Å². The number of thiophene rings is 2. The Morgan fingerprint density at radius 1 is 1.00 bits per heavy atom. The fourth-order valence-corrected chi connectivity index (χ4v) is 3.66. The number of rotatable bonds is 6. The Labute approximate surface area is 169 Å². The van der Waals surface area contributed by atoms with Crippen molar-refractivity contribution in [2.45, 2.75) is 0 Å². The first-order chi connectivity index (χ1) is 13.1. The Kier molecular flexibility index (Phi) is 6.54. The molecule has 0 aliphatic carbocycles. The molecule has 0 atom stereocenters. The zero-order valence-electron chi connectivity index (χ0n) is 13.9. The van der Waals surface area contributed by atoms with Crippen LogP contribution in [0.25, 0.3) is 6.08 Å². The van der Waals surface area contributed by atoms with E-state index in [9.17, 15) is 9.59 Å². The molecule has 0 bridgehead atoms. The van der Waals surface area contributed by atoms with Crippen LogP contribution in [-0.4, -0.2) is 18.0 Å². The summed E-state index contributed by atoms with van der Waals surface area (Å²) in [6.45, 7) is 0. The van der Waals surface area contributed by atoms with Gasteiger partial charge in [0.15, 0.2) is 0 Å². The van der Waals surface area contributed by atoms with Crippen LogP contribution in [0.1, 0.15) is 20.1 Å². The number of hydrogen-bond donors (Lipinski definition) is 2. The second-order valence-electron chi connectivity index (χ2n) is 5.23. The van der Waals surface area contributed by atoms with Crippen molar-refractivity contribution in [3.63, 3.8) is 0 Å². The van der Waals surface area contributed by atoms with Gasteiger partial charge in [-0.2, -0.15) is 5.10 Å². The van der Waals surface area contributed by atoms with E-state index in [2.05, 4.69) is 15.8 Å². The third-order valence-corrected chi connectivity index (χ3v) is 5.30. The molecule has 0 fully saturated rings. The third-order valence-electron chi connectivity index (χ3n) is 3.31. The van der Waals surface area contributed by atoms with Crippen molar-refractivity contribution in [2.75, 3.05) is 0 Å². The topological polar surface area (TPSA) is 70.6 Å². The van der Waals surface area contributed by atoms with Crippen molar-refractivity contribution in [3.05, 3.63) is 85.3 Å². The lowest BCUT2D eigenvalue weighted by molar-refractivity contribution is -0.117. The largest absolute Gasteiger partial charge is 0.317 e. The van der Waals surface area contributed by atoms with Crippen LogP contribution in [0.2, 0.25) is 4.34 Å². The average molecular weight is 416 g/mol. The number of halogens is 1. The van der Waals surface area contributed by atoms with Crippen LogP contribution >= 0.6 is 34.3 Å². The van der Waals surface area contributed by atoms with Gasteiger partial charge in [0.1, 0.15) is 5.70 Å². The molecule has 27 heavy (non-hydrogen) atoms. The molecule has 0 aliphatic heterocycles. The molecule has 0 radical (unpaired) electrons. The molecular formula is C19H14ClN3O2S2. The second-order valence-corrected chi connectivity index (χ2v) is 7.96. The van der Waals surface area contributed by atoms with Crippen molar-refractivity contribution in [2.24, 2.45) is 5.10 Å². The number of nitrogens with zero attached hydrogens (tertiary/aromatic N) is 1. The van der Waals surface area contributed by atoms with Gasteiger partial charge in [-0.1, -0.05) is 35.9 Å². The lowest BCUT2D eigenvalue weighted by Gasteiger charge is -2.08. The number of benzene rings is 1. The molecule has 3 rings (SSSR count). The summed E-state index contributed by atoms with van der Waals surface area (Å²) in [6.07, 6.45) is 3.11. The zero-order chi connectivity index (χ0) is 19.1. The number of hydrazone groups is 1. The van der Waals surface area contributed by atoms with E-state index >= 15 is 0 Å². The summed E-state index contributed by atoms with van der Waals surface area (Å²) in [5, 5.41) is 8.46. The van der Waals surface area contributed by atoms with Crippen molar-refractivity contribution >= 4 is 58.4 Å². The minimum atomic E-state index is -0.522. The van der Waals surface area contributed by atoms with Gasteiger partial charge in [-0.05, 0) is 41.8 Å². The maximum absolute atomic E-state index is 12.5. The lowest BCUT2D eigenvalue weighted by atomic mass is 10.2. The highest BCUT2D eigenvalue weighted by atomic mass is 35.5. The van der Waals surface area contributed by atoms with Gasteiger partial charge in [-0.3, -0.25) is 9.59 Å². The molecule has 0 saturated carbocycles. The normalized spacial score (nSPS) is 11.5. The number of hydrogen-bond acceptors (Lipinski definition) is 5. The minimum Gasteiger partial charge on any atom is -0.317 e. The van der Waals surface area contributed by atoms with E-state index in [1.165, 1.54) is 28.9 Å². The first-order valence-corrected chi connectivity index (χ1v) is 9.89. The molecule has 0 saturated heterocycles. The summed E-state index contributed by atoms with van der Waals surface area (Å²) in [6, 6.07) is 15.9. The Morgan fingerprint density at radius 3 is 2.48 bits per heavy atom. The van der Waals surface area contributed by atoms with E-state index in [1.54, 1.807) is 42.5 Å². The standard InChI is InChI=1S/C19H14ClN3O2S2/c20-17-9-8-15(27-17)12-21-23-19(25)16(11-14-7-4-10-26-14)22-18(24)13-5-2-1-3-6-13/h1-12H,(H,22,24)(H,23,25)/b16-11+,21-12?. The molecule has 2 amide bonds. The van der Waals surface area contributed by atoms with E-state index in [0.717, 1.165) is 9.75 Å². The molecule has 3 aromatic rings. The first kappa shape index (κ1) is 19.0. The van der Waals surface area contributed by atoms with Crippen LogP contribution in [0.5, 0.6) is 0 Å². The Balaban J connectivity index is 1.74. The van der Waals surface area contributed by atoms with E-state index in [4.69, 9.17) is 11.6 Å². The Hall–Kier alpha value is -2.74. The molecule has 0 spiro atoms. The lowest BCUT2D eigenvalue weighted by Crippen LogP contribution is -2.32. The van der Waals surface area contributed by atoms with Gasteiger partial charge in [-0.15, -0.1) is 22.7 Å². The molecule has 2 N–H and O–H groups in total. The van der Waals surface area contributed by atoms with Gasteiger partial charge in [-0.25, -0.2) is 5.43 Å². The maximum atomic E-state index is 12.5. The smallest absolute Gasteiger partial charge is 0.287 e. The van der Waals surface area contributed by atoms with E-state index in [0.29, 0.717) is 9.90 Å². The van der Waals surface area contributed by atoms with Gasteiger partial charge >= 0.3 is 0 Å². The molecule has 5 nitrogen and oxygen atoms in total. The molecular weight excluding hydrogens is 402 g/mol. The van der Waals surface area contributed by atoms with Gasteiger partial charge in [0.05, 0.1) is 10.6 Å². The van der Waals surface area contributed by atoms with Crippen LogP contribution in [0.4, 0.5) is 0 Å². The maximum Gasteiger partial charge on any atom is 0.287 e. The summed E-state index contributed by atoms with van der Waals surface area (Å²) in [7, 11) is 0. The van der Waals surface area contributed by atoms with Crippen LogP contribution < -0.4 is 10.7 Å². The zero-order valence-corrected chi connectivity index (χ0v) is 16.3. The fraction of sp³-hybridized carbons (Fsp3) is 0. The van der Waals surface area contributed by atoms with Crippen LogP contribution in [0.3, 0.4) is 0 Å². The summed E-state index contributed by atoms with van der Waals surface area (Å²) < 4.78 is 0.635. The highest BCUT2D eigenvalue weighted by Gasteiger charge is 2.14. The SMILES string of the molecule is O=C(NN=Cc1ccc(Cl)s1)/C(=C\c1cccs1)NC(=O)c1ccccc1. The fourth-order valence-electron chi connectivity index (χ4n) is 2.07. The predicted octanol–water partition coefficient (Wildman–Crippen LogP) is 4.38. The minimum absolute atomic E-state index is 0.104. The van der Waals surface area contributed by atoms with E-state index < -0.39 is 5.91 Å². The highest BCUT2D eigenvalue weighted by Crippen LogP contribution is 2.19. The van der Waals surface area contributed by atoms with Gasteiger partial charge < -0.3 is 5.32 Å². The molecule has 8 heteroatoms. The van der Waals surface area contributed by atoms with Gasteiger partial charge in [0.2, 0.25) is 0 Å². The molecule has 136 valence electrons. The van der Waals surface area contributed by atoms with Gasteiger partial charge in [0.25, 0.3) is 11.8 Å². The number of carbonyl (C=O) groups is 2. The summed E-state index contributed by atoms with van der Waals surface area (Å²) in [5.74, 6) is -0.894. The Bertz CT molecular complexity index is 980. The monoisotopic (exact) mass is 415 g/mol. The highest BCUT2D eigenvalue weighted by molar-refractivity contribution is 7.17. The average Bonchev–Trinajstić information content (AvgIpc) is 3.33. The van der Waals surface area contributed by atoms with Crippen molar-refractivity contribution in [1.29, 1.82) is 0 Å². The Morgan fingerprint density at radius 2 is 1.81 bits per heavy atom. The summed E-state index contributed by atoms with van der Waals surface area (Å²) in [4.78, 5) is 26.6. The van der Waals surface area contributed by atoms with Gasteiger partial charge in [0, 0.05) is 15.3 Å². The van der Waals surface area contributed by atoms with Crippen molar-refractivity contribution in [3.8, 4) is 0 Å². The van der Waals surface area contributed by atoms with Crippen molar-refractivity contribution < 1.29 is 9.59 Å². The molecule has 1 aromatic carbocycles. The summed E-state index contributed by atoms with van der Waals surface area (Å²) >= 11 is 8.66. The number of amides is 2. The molecule has 0 unspecified atom stereocenters. The van der Waals surface area contributed by atoms with Crippen LogP contribution in [0.15, 0.2) is 70.8 Å². The number of nitrogens with one attached hydrogen (secondary N) is 2. The van der Waals surface area contributed by atoms with Crippen LogP contribution in [-0.2, 0) is 4.79 Å². The molecule has 2 aromatic heterocycles. The predicted molar refractivity (Wildman–Crippen MR) is 111 cm³/mol. The second kappa shape index (κ2) is 9.27. The first-order valence-electron chi connectivity index (χ1n) is 7.82. The third kappa shape index (κ3) is 5.62. The van der Waals surface area contributed by atoms with E-state index in [1.807, 2.05) is 23.6 Å². The molecule has 0 aliphatic rings.